The fraction of sp³-hybridized carbons (Fsp3) is 0.933. The van der Waals surface area contributed by atoms with Gasteiger partial charge in [0, 0.05) is 30.6 Å². The Kier molecular flexibility index (Phi) is 4.34. The Morgan fingerprint density at radius 1 is 1.37 bits per heavy atom. The highest BCUT2D eigenvalue weighted by Crippen LogP contribution is 2.39. The highest BCUT2D eigenvalue weighted by atomic mass is 32.2. The van der Waals surface area contributed by atoms with E-state index in [1.54, 1.807) is 0 Å². The maximum Gasteiger partial charge on any atom is 0.171 e. The number of ether oxygens (including phenoxy) is 1. The Bertz CT molecular complexity index is 354. The summed E-state index contributed by atoms with van der Waals surface area (Å²) >= 11 is 2.07. The van der Waals surface area contributed by atoms with Crippen molar-refractivity contribution >= 4 is 17.5 Å². The number of hydrogen-bond acceptors (Lipinski definition) is 4. The Labute approximate surface area is 121 Å². The number of hydrogen-bond donors (Lipinski definition) is 0. The van der Waals surface area contributed by atoms with E-state index in [1.807, 2.05) is 13.8 Å². The Hall–Kier alpha value is -0.0600. The third-order valence-corrected chi connectivity index (χ3v) is 5.76. The first-order valence-electron chi connectivity index (χ1n) is 7.34. The lowest BCUT2D eigenvalue weighted by Crippen LogP contribution is -2.46. The van der Waals surface area contributed by atoms with Crippen molar-refractivity contribution in [2.24, 2.45) is 5.92 Å². The van der Waals surface area contributed by atoms with Gasteiger partial charge in [0.25, 0.3) is 0 Å². The lowest BCUT2D eigenvalue weighted by Gasteiger charge is -2.35. The average Bonchev–Trinajstić information content (AvgIpc) is 2.48. The normalized spacial score (nSPS) is 34.7. The summed E-state index contributed by atoms with van der Waals surface area (Å²) in [6.07, 6.45) is 1.21. The fourth-order valence-electron chi connectivity index (χ4n) is 3.27. The van der Waals surface area contributed by atoms with Crippen LogP contribution in [-0.2, 0) is 9.53 Å². The zero-order valence-electron chi connectivity index (χ0n) is 12.9. The smallest absolute Gasteiger partial charge is 0.171 e. The molecule has 2 rings (SSSR count). The first-order chi connectivity index (χ1) is 8.76. The second-order valence-electron chi connectivity index (χ2n) is 6.79. The minimum Gasteiger partial charge on any atom is -0.361 e. The maximum atomic E-state index is 12.5. The summed E-state index contributed by atoms with van der Waals surface area (Å²) in [4.78, 5) is 15.0. The molecule has 0 saturated carbocycles. The number of carbonyl (C=O) groups is 1. The number of rotatable bonds is 3. The molecule has 19 heavy (non-hydrogen) atoms. The lowest BCUT2D eigenvalue weighted by atomic mass is 9.85. The third-order valence-electron chi connectivity index (χ3n) is 4.39. The summed E-state index contributed by atoms with van der Waals surface area (Å²) in [5.74, 6) is 1.45. The van der Waals surface area contributed by atoms with Gasteiger partial charge in [-0.25, -0.2) is 0 Å². The molecule has 2 saturated heterocycles. The largest absolute Gasteiger partial charge is 0.361 e. The fourth-order valence-corrected chi connectivity index (χ4v) is 4.52. The zero-order chi connectivity index (χ0) is 14.3. The second kappa shape index (κ2) is 5.38. The van der Waals surface area contributed by atoms with E-state index in [2.05, 4.69) is 37.4 Å². The molecule has 2 fully saturated rings. The van der Waals surface area contributed by atoms with E-state index >= 15 is 0 Å². The van der Waals surface area contributed by atoms with Crippen molar-refractivity contribution in [2.75, 3.05) is 25.4 Å². The topological polar surface area (TPSA) is 29.5 Å². The van der Waals surface area contributed by atoms with Crippen LogP contribution in [0.2, 0.25) is 0 Å². The predicted molar refractivity (Wildman–Crippen MR) is 80.7 cm³/mol. The van der Waals surface area contributed by atoms with Gasteiger partial charge in [-0.3, -0.25) is 4.79 Å². The van der Waals surface area contributed by atoms with Crippen molar-refractivity contribution in [2.45, 2.75) is 57.5 Å². The van der Waals surface area contributed by atoms with Crippen LogP contribution in [0.15, 0.2) is 0 Å². The molecule has 0 bridgehead atoms. The van der Waals surface area contributed by atoms with Crippen LogP contribution in [0.4, 0.5) is 0 Å². The molecule has 0 aromatic heterocycles. The molecule has 0 aromatic carbocycles. The second-order valence-corrected chi connectivity index (χ2v) is 8.20. The van der Waals surface area contributed by atoms with Gasteiger partial charge in [0.2, 0.25) is 0 Å². The summed E-state index contributed by atoms with van der Waals surface area (Å²) in [7, 11) is 0. The molecule has 2 atom stereocenters. The summed E-state index contributed by atoms with van der Waals surface area (Å²) in [6, 6.07) is 0. The van der Waals surface area contributed by atoms with E-state index < -0.39 is 5.60 Å². The van der Waals surface area contributed by atoms with E-state index in [4.69, 9.17) is 4.74 Å². The van der Waals surface area contributed by atoms with Crippen LogP contribution in [0.3, 0.4) is 0 Å². The molecule has 2 aliphatic rings. The maximum absolute atomic E-state index is 12.5. The lowest BCUT2D eigenvalue weighted by molar-refractivity contribution is -0.132. The van der Waals surface area contributed by atoms with Crippen LogP contribution in [0.25, 0.3) is 0 Å². The van der Waals surface area contributed by atoms with Gasteiger partial charge in [0.15, 0.2) is 5.78 Å². The monoisotopic (exact) mass is 285 g/mol. The van der Waals surface area contributed by atoms with Crippen LogP contribution in [-0.4, -0.2) is 52.5 Å². The molecule has 2 aliphatic heterocycles. The zero-order valence-corrected chi connectivity index (χ0v) is 13.7. The SMILES string of the molecule is CCC1CN(CC2C(=O)C(C)(C)OC2(C)C)CCS1. The van der Waals surface area contributed by atoms with Gasteiger partial charge in [-0.1, -0.05) is 6.92 Å². The molecule has 3 nitrogen and oxygen atoms in total. The van der Waals surface area contributed by atoms with Gasteiger partial charge in [-0.05, 0) is 34.1 Å². The first-order valence-corrected chi connectivity index (χ1v) is 8.39. The predicted octanol–water partition coefficient (Wildman–Crippen LogP) is 2.59. The van der Waals surface area contributed by atoms with Crippen LogP contribution in [0.5, 0.6) is 0 Å². The van der Waals surface area contributed by atoms with Gasteiger partial charge in [-0.15, -0.1) is 0 Å². The van der Waals surface area contributed by atoms with E-state index in [1.165, 1.54) is 12.2 Å². The van der Waals surface area contributed by atoms with Gasteiger partial charge in [-0.2, -0.15) is 11.8 Å². The van der Waals surface area contributed by atoms with Gasteiger partial charge >= 0.3 is 0 Å². The van der Waals surface area contributed by atoms with Crippen LogP contribution in [0, 0.1) is 5.92 Å². The van der Waals surface area contributed by atoms with Crippen molar-refractivity contribution in [1.82, 2.24) is 4.90 Å². The molecule has 0 aliphatic carbocycles. The molecule has 0 amide bonds. The third kappa shape index (κ3) is 3.17. The van der Waals surface area contributed by atoms with E-state index in [0.29, 0.717) is 0 Å². The van der Waals surface area contributed by atoms with Crippen molar-refractivity contribution < 1.29 is 9.53 Å². The molecule has 0 radical (unpaired) electrons. The summed E-state index contributed by atoms with van der Waals surface area (Å²) in [5.41, 5.74) is -0.963. The Morgan fingerprint density at radius 2 is 2.05 bits per heavy atom. The molecular formula is C15H27NO2S. The van der Waals surface area contributed by atoms with Gasteiger partial charge in [0.1, 0.15) is 5.60 Å². The number of carbonyl (C=O) groups excluding carboxylic acids is 1. The molecule has 0 spiro atoms. The number of ketones is 1. The number of nitrogens with zero attached hydrogens (tertiary/aromatic N) is 1. The quantitative estimate of drug-likeness (QED) is 0.797. The standard InChI is InChI=1S/C15H27NO2S/c1-6-11-9-16(7-8-19-11)10-12-13(17)15(4,5)18-14(12,2)3/h11-12H,6-10H2,1-5H3. The first kappa shape index (κ1) is 15.3. The number of Topliss-reactive ketones (excluding diaryl/α,β-unsaturated/α-hetero) is 1. The highest BCUT2D eigenvalue weighted by Gasteiger charge is 2.53. The van der Waals surface area contributed by atoms with Crippen LogP contribution >= 0.6 is 11.8 Å². The molecule has 4 heteroatoms. The molecule has 0 N–H and O–H groups in total. The molecule has 2 unspecified atom stereocenters. The van der Waals surface area contributed by atoms with Crippen molar-refractivity contribution in [3.8, 4) is 0 Å². The summed E-state index contributed by atoms with van der Waals surface area (Å²) < 4.78 is 5.97. The van der Waals surface area contributed by atoms with Crippen molar-refractivity contribution in [3.63, 3.8) is 0 Å². The van der Waals surface area contributed by atoms with E-state index in [9.17, 15) is 4.79 Å². The van der Waals surface area contributed by atoms with Gasteiger partial charge in [0.05, 0.1) is 11.5 Å². The Balaban J connectivity index is 2.04. The average molecular weight is 285 g/mol. The number of thioether (sulfide) groups is 1. The van der Waals surface area contributed by atoms with Crippen molar-refractivity contribution in [1.29, 1.82) is 0 Å². The molecular weight excluding hydrogens is 258 g/mol. The summed E-state index contributed by atoms with van der Waals surface area (Å²) in [6.45, 7) is 13.2. The minimum absolute atomic E-state index is 0.00288. The van der Waals surface area contributed by atoms with Crippen LogP contribution < -0.4 is 0 Å². The van der Waals surface area contributed by atoms with E-state index in [0.717, 1.165) is 24.9 Å². The highest BCUT2D eigenvalue weighted by molar-refractivity contribution is 8.00. The van der Waals surface area contributed by atoms with Gasteiger partial charge < -0.3 is 9.64 Å². The van der Waals surface area contributed by atoms with Crippen molar-refractivity contribution in [3.05, 3.63) is 0 Å². The Morgan fingerprint density at radius 3 is 2.58 bits per heavy atom. The summed E-state index contributed by atoms with van der Waals surface area (Å²) in [5, 5.41) is 0.724. The molecule has 0 aromatic rings. The minimum atomic E-state index is -0.622. The van der Waals surface area contributed by atoms with E-state index in [-0.39, 0.29) is 17.3 Å². The molecule has 110 valence electrons. The molecule has 2 heterocycles. The van der Waals surface area contributed by atoms with Crippen LogP contribution in [0.1, 0.15) is 41.0 Å².